The third kappa shape index (κ3) is 7.88. The van der Waals surface area contributed by atoms with E-state index in [-0.39, 0.29) is 29.9 Å². The van der Waals surface area contributed by atoms with Crippen molar-refractivity contribution in [3.63, 3.8) is 0 Å². The van der Waals surface area contributed by atoms with Gasteiger partial charge in [-0.25, -0.2) is 9.48 Å². The number of carbonyl (C=O) groups excluding carboxylic acids is 2. The number of hydrogen-bond donors (Lipinski definition) is 1. The molecule has 1 saturated heterocycles. The number of anilines is 2. The Labute approximate surface area is 320 Å². The summed E-state index contributed by atoms with van der Waals surface area (Å²) in [6, 6.07) is 18.2. The third-order valence-electron chi connectivity index (χ3n) is 10.1. The second kappa shape index (κ2) is 15.7. The molecule has 54 heavy (non-hydrogen) atoms. The normalized spacial score (nSPS) is 17.4. The van der Waals surface area contributed by atoms with Gasteiger partial charge in [-0.1, -0.05) is 56.6 Å². The molecular weight excluding hydrogens is 706 g/mol. The maximum Gasteiger partial charge on any atom is 0.357 e. The Morgan fingerprint density at radius 2 is 1.78 bits per heavy atom. The van der Waals surface area contributed by atoms with Gasteiger partial charge in [-0.3, -0.25) is 9.20 Å². The average molecular weight is 754 g/mol. The number of nitrogens with one attached hydrogen (secondary N) is 1. The van der Waals surface area contributed by atoms with Crippen molar-refractivity contribution in [1.82, 2.24) is 34.6 Å². The summed E-state index contributed by atoms with van der Waals surface area (Å²) in [5, 5.41) is 18.5. The SMILES string of the molecule is CN(C)CCc1cc(-n2nc(C(C)(C)C)cc2N(OC=O)C(=O)N[C@H]2CC[C@@H](Oc3ccc4nnc(N5CCCCC5)n4c3)c3ccccc32)ccc1Cl. The number of ether oxygens (including phenoxy) is 1. The third-order valence-corrected chi connectivity index (χ3v) is 10.5. The molecule has 3 aromatic heterocycles. The Bertz CT molecular complexity index is 2120. The summed E-state index contributed by atoms with van der Waals surface area (Å²) < 4.78 is 10.3. The predicted molar refractivity (Wildman–Crippen MR) is 209 cm³/mol. The number of urea groups is 1. The Morgan fingerprint density at radius 3 is 2.52 bits per heavy atom. The van der Waals surface area contributed by atoms with E-state index in [0.29, 0.717) is 35.0 Å². The minimum atomic E-state index is -0.604. The highest BCUT2D eigenvalue weighted by atomic mass is 35.5. The van der Waals surface area contributed by atoms with E-state index >= 15 is 0 Å². The molecule has 2 atom stereocenters. The van der Waals surface area contributed by atoms with E-state index in [4.69, 9.17) is 26.3 Å². The largest absolute Gasteiger partial charge is 0.484 e. The maximum absolute atomic E-state index is 14.2. The number of halogens is 1. The lowest BCUT2D eigenvalue weighted by Crippen LogP contribution is -2.43. The monoisotopic (exact) mass is 753 g/mol. The first-order valence-electron chi connectivity index (χ1n) is 18.6. The van der Waals surface area contributed by atoms with Gasteiger partial charge >= 0.3 is 12.5 Å². The summed E-state index contributed by atoms with van der Waals surface area (Å²) in [6.07, 6.45) is 7.19. The fourth-order valence-corrected chi connectivity index (χ4v) is 7.40. The predicted octanol–water partition coefficient (Wildman–Crippen LogP) is 7.22. The lowest BCUT2D eigenvalue weighted by Gasteiger charge is -2.33. The molecule has 1 N–H and O–H groups in total. The zero-order valence-electron chi connectivity index (χ0n) is 31.5. The van der Waals surface area contributed by atoms with Crippen molar-refractivity contribution in [1.29, 1.82) is 0 Å². The molecule has 2 aliphatic rings. The van der Waals surface area contributed by atoms with Crippen molar-refractivity contribution in [2.75, 3.05) is 43.7 Å². The first kappa shape index (κ1) is 37.2. The molecule has 1 aliphatic heterocycles. The van der Waals surface area contributed by atoms with Gasteiger partial charge in [0.25, 0.3) is 0 Å². The van der Waals surface area contributed by atoms with Gasteiger partial charge in [-0.2, -0.15) is 5.10 Å². The molecular formula is C40H48ClN9O4. The van der Waals surface area contributed by atoms with Crippen LogP contribution in [-0.4, -0.2) is 75.5 Å². The van der Waals surface area contributed by atoms with E-state index in [0.717, 1.165) is 72.2 Å². The molecule has 0 spiro atoms. The lowest BCUT2D eigenvalue weighted by atomic mass is 9.85. The number of piperidine rings is 1. The summed E-state index contributed by atoms with van der Waals surface area (Å²) >= 11 is 6.60. The van der Waals surface area contributed by atoms with Gasteiger partial charge < -0.3 is 24.7 Å². The van der Waals surface area contributed by atoms with Crippen molar-refractivity contribution >= 4 is 41.5 Å². The van der Waals surface area contributed by atoms with Crippen LogP contribution in [0.2, 0.25) is 5.02 Å². The zero-order valence-corrected chi connectivity index (χ0v) is 32.3. The van der Waals surface area contributed by atoms with E-state index in [2.05, 4.69) is 25.3 Å². The van der Waals surface area contributed by atoms with Gasteiger partial charge in [0.15, 0.2) is 11.5 Å². The standard InChI is InChI=1S/C40H48ClN9O4/c1-40(2,3)35-24-37(49(45-35)28-13-15-32(41)27(23-28)19-22-46(4)5)50(53-26-51)39(52)42-33-16-17-34(31-12-8-7-11-30(31)33)54-29-14-18-36-43-44-38(48(36)25-29)47-20-9-6-10-21-47/h7-8,11-15,18,23-26,33-34H,6,9-10,16-17,19-22H2,1-5H3,(H,42,52)/t33-,34+/m0/s1. The second-order valence-corrected chi connectivity index (χ2v) is 15.7. The molecule has 1 fully saturated rings. The van der Waals surface area contributed by atoms with Crippen molar-refractivity contribution in [2.24, 2.45) is 0 Å². The first-order chi connectivity index (χ1) is 26.0. The van der Waals surface area contributed by atoms with Crippen molar-refractivity contribution in [2.45, 2.75) is 76.9 Å². The molecule has 14 heteroatoms. The molecule has 2 aromatic carbocycles. The summed E-state index contributed by atoms with van der Waals surface area (Å²) in [7, 11) is 4.02. The number of pyridine rings is 1. The van der Waals surface area contributed by atoms with Gasteiger partial charge in [-0.15, -0.1) is 15.3 Å². The van der Waals surface area contributed by atoms with Gasteiger partial charge in [-0.05, 0) is 99.6 Å². The number of carbonyl (C=O) groups is 2. The molecule has 0 bridgehead atoms. The highest BCUT2D eigenvalue weighted by Crippen LogP contribution is 2.39. The van der Waals surface area contributed by atoms with Crippen LogP contribution in [0.1, 0.15) is 87.4 Å². The topological polar surface area (TPSA) is 122 Å². The molecule has 5 aromatic rings. The lowest BCUT2D eigenvalue weighted by molar-refractivity contribution is -0.129. The Kier molecular flexibility index (Phi) is 10.8. The number of benzene rings is 2. The number of hydrogen-bond acceptors (Lipinski definition) is 9. The van der Waals surface area contributed by atoms with Crippen LogP contribution >= 0.6 is 11.6 Å². The van der Waals surface area contributed by atoms with Gasteiger partial charge in [0, 0.05) is 36.1 Å². The minimum absolute atomic E-state index is 0.244. The number of rotatable bonds is 11. The number of likely N-dealkylation sites (N-methyl/N-ethyl adjacent to an activating group) is 1. The fourth-order valence-electron chi connectivity index (χ4n) is 7.18. The summed E-state index contributed by atoms with van der Waals surface area (Å²) in [5.74, 6) is 1.83. The van der Waals surface area contributed by atoms with Crippen LogP contribution in [0, 0.1) is 0 Å². The van der Waals surface area contributed by atoms with Crippen LogP contribution in [-0.2, 0) is 21.5 Å². The van der Waals surface area contributed by atoms with Gasteiger partial charge in [0.1, 0.15) is 11.9 Å². The van der Waals surface area contributed by atoms with Crippen molar-refractivity contribution < 1.29 is 19.2 Å². The van der Waals surface area contributed by atoms with E-state index in [1.807, 2.05) is 100 Å². The van der Waals surface area contributed by atoms with Crippen LogP contribution in [0.5, 0.6) is 5.75 Å². The van der Waals surface area contributed by atoms with E-state index in [1.54, 1.807) is 10.7 Å². The van der Waals surface area contributed by atoms with Gasteiger partial charge in [0.05, 0.1) is 23.6 Å². The van der Waals surface area contributed by atoms with E-state index in [9.17, 15) is 9.59 Å². The molecule has 7 rings (SSSR count). The quantitative estimate of drug-likeness (QED) is 0.110. The summed E-state index contributed by atoms with van der Waals surface area (Å²) in [4.78, 5) is 35.9. The molecule has 0 unspecified atom stereocenters. The number of fused-ring (bicyclic) bond motifs is 2. The summed E-state index contributed by atoms with van der Waals surface area (Å²) in [5.41, 5.74) is 4.65. The molecule has 4 heterocycles. The van der Waals surface area contributed by atoms with Crippen molar-refractivity contribution in [3.8, 4) is 11.4 Å². The Balaban J connectivity index is 1.14. The second-order valence-electron chi connectivity index (χ2n) is 15.3. The number of amides is 2. The van der Waals surface area contributed by atoms with Gasteiger partial charge in [0.2, 0.25) is 5.95 Å². The number of nitrogens with zero attached hydrogens (tertiary/aromatic N) is 8. The van der Waals surface area contributed by atoms with Crippen LogP contribution in [0.15, 0.2) is 66.9 Å². The molecule has 1 aliphatic carbocycles. The molecule has 13 nitrogen and oxygen atoms in total. The van der Waals surface area contributed by atoms with Crippen molar-refractivity contribution in [3.05, 3.63) is 94.3 Å². The average Bonchev–Trinajstić information content (AvgIpc) is 3.80. The Hall–Kier alpha value is -5.14. The fraction of sp³-hybridized carbons (Fsp3) is 0.425. The number of aromatic nitrogens is 5. The van der Waals surface area contributed by atoms with Crippen LogP contribution in [0.3, 0.4) is 0 Å². The minimum Gasteiger partial charge on any atom is -0.484 e. The summed E-state index contributed by atoms with van der Waals surface area (Å²) in [6.45, 7) is 9.08. The van der Waals surface area contributed by atoms with Crippen LogP contribution in [0.25, 0.3) is 11.3 Å². The molecule has 2 amide bonds. The first-order valence-corrected chi connectivity index (χ1v) is 19.0. The maximum atomic E-state index is 14.2. The molecule has 284 valence electrons. The Morgan fingerprint density at radius 1 is 1.00 bits per heavy atom. The number of hydroxylamine groups is 1. The smallest absolute Gasteiger partial charge is 0.357 e. The van der Waals surface area contributed by atoms with E-state index < -0.39 is 6.03 Å². The highest BCUT2D eigenvalue weighted by Gasteiger charge is 2.34. The van der Waals surface area contributed by atoms with Crippen LogP contribution in [0.4, 0.5) is 16.6 Å². The molecule has 0 radical (unpaired) electrons. The highest BCUT2D eigenvalue weighted by molar-refractivity contribution is 6.31. The van der Waals surface area contributed by atoms with Crippen LogP contribution < -0.4 is 20.0 Å². The zero-order chi connectivity index (χ0) is 38.0. The van der Waals surface area contributed by atoms with E-state index in [1.165, 1.54) is 6.42 Å². The molecule has 0 saturated carbocycles.